The molecule has 0 N–H and O–H groups in total. The molecule has 0 unspecified atom stereocenters. The molecule has 0 aliphatic heterocycles. The van der Waals surface area contributed by atoms with Crippen molar-refractivity contribution < 1.29 is 0 Å². The highest BCUT2D eigenvalue weighted by atomic mass is 32.1. The summed E-state index contributed by atoms with van der Waals surface area (Å²) in [6, 6.07) is 52.6. The number of rotatable bonds is 4. The van der Waals surface area contributed by atoms with Gasteiger partial charge in [0.05, 0.1) is 38.6 Å². The van der Waals surface area contributed by atoms with E-state index in [1.807, 2.05) is 24.3 Å². The Bertz CT molecular complexity index is 2660. The molecule has 3 aromatic heterocycles. The molecule has 3 heterocycles. The third-order valence-corrected chi connectivity index (χ3v) is 9.79. The summed E-state index contributed by atoms with van der Waals surface area (Å²) in [5.74, 6) is 0.712. The van der Waals surface area contributed by atoms with Crippen LogP contribution in [-0.4, -0.2) is 14.5 Å². The van der Waals surface area contributed by atoms with Gasteiger partial charge in [-0.3, -0.25) is 0 Å². The molecule has 6 aromatic carbocycles. The van der Waals surface area contributed by atoms with Crippen molar-refractivity contribution >= 4 is 53.4 Å². The molecular formula is C41H24N4S. The third-order valence-electron chi connectivity index (χ3n) is 8.63. The summed E-state index contributed by atoms with van der Waals surface area (Å²) in [5, 5.41) is 12.9. The number of para-hydroxylation sites is 1. The van der Waals surface area contributed by atoms with Crippen LogP contribution in [0, 0.1) is 11.3 Å². The van der Waals surface area contributed by atoms with Crippen LogP contribution in [0.1, 0.15) is 5.56 Å². The van der Waals surface area contributed by atoms with Crippen LogP contribution in [0.3, 0.4) is 0 Å². The Labute approximate surface area is 269 Å². The smallest absolute Gasteiger partial charge is 0.160 e. The summed E-state index contributed by atoms with van der Waals surface area (Å²) in [5.41, 5.74) is 10.1. The third kappa shape index (κ3) is 4.20. The summed E-state index contributed by atoms with van der Waals surface area (Å²) in [7, 11) is 0. The molecule has 0 bridgehead atoms. The van der Waals surface area contributed by atoms with Gasteiger partial charge in [0.15, 0.2) is 5.82 Å². The molecule has 0 radical (unpaired) electrons. The molecule has 4 nitrogen and oxygen atoms in total. The van der Waals surface area contributed by atoms with Crippen LogP contribution in [0.4, 0.5) is 0 Å². The average Bonchev–Trinajstić information content (AvgIpc) is 3.67. The lowest BCUT2D eigenvalue weighted by molar-refractivity contribution is 1.18. The molecule has 9 aromatic rings. The summed E-state index contributed by atoms with van der Waals surface area (Å²) >= 11 is 1.75. The molecular weight excluding hydrogens is 581 g/mol. The van der Waals surface area contributed by atoms with Crippen LogP contribution in [-0.2, 0) is 0 Å². The zero-order valence-electron chi connectivity index (χ0n) is 24.6. The second-order valence-corrected chi connectivity index (χ2v) is 12.4. The number of hydrogen-bond acceptors (Lipinski definition) is 4. The Morgan fingerprint density at radius 3 is 2.11 bits per heavy atom. The largest absolute Gasteiger partial charge is 0.309 e. The first-order chi connectivity index (χ1) is 22.7. The van der Waals surface area contributed by atoms with Crippen molar-refractivity contribution in [3.05, 3.63) is 151 Å². The normalized spacial score (nSPS) is 11.5. The Kier molecular flexibility index (Phi) is 6.02. The standard InChI is InChI=1S/C41H24N4S/c42-25-26-20-21-36-34(22-26)32-16-4-6-18-35(32)45(36)31-15-9-13-29(24-31)28-12-8-14-30(23-28)41-43-38(27-10-2-1-3-11-27)40-39(44-41)33-17-5-7-19-37(33)46-40/h1-24H. The fourth-order valence-electron chi connectivity index (χ4n) is 6.49. The van der Waals surface area contributed by atoms with Crippen LogP contribution >= 0.6 is 11.3 Å². The molecule has 0 saturated carbocycles. The van der Waals surface area contributed by atoms with E-state index >= 15 is 0 Å². The van der Waals surface area contributed by atoms with Gasteiger partial charge in [-0.05, 0) is 59.7 Å². The Morgan fingerprint density at radius 1 is 0.543 bits per heavy atom. The summed E-state index contributed by atoms with van der Waals surface area (Å²) in [4.78, 5) is 10.4. The van der Waals surface area contributed by atoms with Crippen molar-refractivity contribution in [2.24, 2.45) is 0 Å². The molecule has 46 heavy (non-hydrogen) atoms. The lowest BCUT2D eigenvalue weighted by Gasteiger charge is -2.11. The number of aromatic nitrogens is 3. The minimum Gasteiger partial charge on any atom is -0.309 e. The highest BCUT2D eigenvalue weighted by Gasteiger charge is 2.17. The van der Waals surface area contributed by atoms with Crippen molar-refractivity contribution in [3.8, 4) is 45.5 Å². The number of nitrogens with zero attached hydrogens (tertiary/aromatic N) is 4. The predicted octanol–water partition coefficient (Wildman–Crippen LogP) is 10.8. The zero-order valence-corrected chi connectivity index (χ0v) is 25.4. The maximum atomic E-state index is 9.56. The van der Waals surface area contributed by atoms with E-state index in [2.05, 4.69) is 132 Å². The molecule has 9 rings (SSSR count). The van der Waals surface area contributed by atoms with Crippen molar-refractivity contribution in [2.75, 3.05) is 0 Å². The molecule has 0 fully saturated rings. The van der Waals surface area contributed by atoms with Gasteiger partial charge in [0.1, 0.15) is 0 Å². The molecule has 0 aliphatic rings. The topological polar surface area (TPSA) is 54.5 Å². The Hall–Kier alpha value is -6.09. The van der Waals surface area contributed by atoms with E-state index in [-0.39, 0.29) is 0 Å². The Balaban J connectivity index is 1.20. The number of fused-ring (bicyclic) bond motifs is 6. The molecule has 0 spiro atoms. The van der Waals surface area contributed by atoms with Gasteiger partial charge >= 0.3 is 0 Å². The number of nitriles is 1. The minimum absolute atomic E-state index is 0.659. The lowest BCUT2D eigenvalue weighted by Crippen LogP contribution is -1.95. The minimum atomic E-state index is 0.659. The summed E-state index contributed by atoms with van der Waals surface area (Å²) in [6.45, 7) is 0. The van der Waals surface area contributed by atoms with Crippen molar-refractivity contribution in [2.45, 2.75) is 0 Å². The van der Waals surface area contributed by atoms with Gasteiger partial charge in [0.2, 0.25) is 0 Å². The van der Waals surface area contributed by atoms with Gasteiger partial charge in [-0.2, -0.15) is 5.26 Å². The first kappa shape index (κ1) is 26.3. The van der Waals surface area contributed by atoms with Crippen molar-refractivity contribution in [1.29, 1.82) is 5.26 Å². The SMILES string of the molecule is N#Cc1ccc2c(c1)c1ccccc1n2-c1cccc(-c2cccc(-c3nc(-c4ccccc4)c4sc5ccccc5c4n3)c2)c1. The number of benzene rings is 6. The summed E-state index contributed by atoms with van der Waals surface area (Å²) < 4.78 is 4.60. The van der Waals surface area contributed by atoms with Crippen LogP contribution in [0.2, 0.25) is 0 Å². The first-order valence-corrected chi connectivity index (χ1v) is 16.0. The molecule has 5 heteroatoms. The van der Waals surface area contributed by atoms with Gasteiger partial charge in [-0.1, -0.05) is 97.1 Å². The molecule has 0 amide bonds. The van der Waals surface area contributed by atoms with Crippen molar-refractivity contribution in [1.82, 2.24) is 14.5 Å². The summed E-state index contributed by atoms with van der Waals surface area (Å²) in [6.07, 6.45) is 0. The molecule has 0 aliphatic carbocycles. The lowest BCUT2D eigenvalue weighted by atomic mass is 10.0. The van der Waals surface area contributed by atoms with E-state index in [1.54, 1.807) is 11.3 Å². The maximum Gasteiger partial charge on any atom is 0.160 e. The maximum absolute atomic E-state index is 9.56. The van der Waals surface area contributed by atoms with Crippen molar-refractivity contribution in [3.63, 3.8) is 0 Å². The number of hydrogen-bond donors (Lipinski definition) is 0. The fraction of sp³-hybridized carbons (Fsp3) is 0. The van der Waals surface area contributed by atoms with Crippen LogP contribution in [0.15, 0.2) is 146 Å². The van der Waals surface area contributed by atoms with Gasteiger partial charge in [0, 0.05) is 37.7 Å². The molecule has 0 saturated heterocycles. The van der Waals surface area contributed by atoms with Crippen LogP contribution in [0.5, 0.6) is 0 Å². The van der Waals surface area contributed by atoms with E-state index in [9.17, 15) is 5.26 Å². The highest BCUT2D eigenvalue weighted by Crippen LogP contribution is 2.40. The van der Waals surface area contributed by atoms with Gasteiger partial charge in [-0.25, -0.2) is 9.97 Å². The van der Waals surface area contributed by atoms with E-state index in [4.69, 9.17) is 9.97 Å². The van der Waals surface area contributed by atoms with Crippen LogP contribution < -0.4 is 0 Å². The van der Waals surface area contributed by atoms with Crippen LogP contribution in [0.25, 0.3) is 81.6 Å². The predicted molar refractivity (Wildman–Crippen MR) is 190 cm³/mol. The van der Waals surface area contributed by atoms with Gasteiger partial charge in [-0.15, -0.1) is 11.3 Å². The number of thiophene rings is 1. The first-order valence-electron chi connectivity index (χ1n) is 15.1. The van der Waals surface area contributed by atoms with E-state index in [1.165, 1.54) is 4.70 Å². The zero-order chi connectivity index (χ0) is 30.6. The van der Waals surface area contributed by atoms with E-state index < -0.39 is 0 Å². The molecule has 0 atom stereocenters. The second-order valence-electron chi connectivity index (χ2n) is 11.4. The van der Waals surface area contributed by atoms with Gasteiger partial charge < -0.3 is 4.57 Å². The monoisotopic (exact) mass is 604 g/mol. The Morgan fingerprint density at radius 2 is 1.24 bits per heavy atom. The fourth-order valence-corrected chi connectivity index (χ4v) is 7.65. The second kappa shape index (κ2) is 10.5. The quantitative estimate of drug-likeness (QED) is 0.201. The average molecular weight is 605 g/mol. The molecule has 214 valence electrons. The highest BCUT2D eigenvalue weighted by molar-refractivity contribution is 7.26. The van der Waals surface area contributed by atoms with E-state index in [0.29, 0.717) is 11.4 Å². The van der Waals surface area contributed by atoms with E-state index in [0.717, 1.165) is 71.0 Å². The van der Waals surface area contributed by atoms with Gasteiger partial charge in [0.25, 0.3) is 0 Å².